The lowest BCUT2D eigenvalue weighted by Gasteiger charge is -2.10. The standard InChI is InChI=1S/C22H22N6OS/c29-20(24-12-7-14-27-15-13-23-17-27)16-30-22-26-25-21(18-8-3-1-4-9-18)28(22)19-10-5-2-6-11-19/h1-6,8-11,13,15,17H,7,12,14,16H2,(H,24,29). The number of nitrogens with zero attached hydrogens (tertiary/aromatic N) is 5. The fourth-order valence-electron chi connectivity index (χ4n) is 3.04. The van der Waals surface area contributed by atoms with Gasteiger partial charge in [0, 0.05) is 36.7 Å². The van der Waals surface area contributed by atoms with Crippen LogP contribution in [0.25, 0.3) is 17.1 Å². The predicted octanol–water partition coefficient (Wildman–Crippen LogP) is 3.43. The summed E-state index contributed by atoms with van der Waals surface area (Å²) >= 11 is 1.38. The number of imidazole rings is 1. The van der Waals surface area contributed by atoms with Gasteiger partial charge in [0.05, 0.1) is 12.1 Å². The van der Waals surface area contributed by atoms with Crippen molar-refractivity contribution in [1.82, 2.24) is 29.6 Å². The summed E-state index contributed by atoms with van der Waals surface area (Å²) in [7, 11) is 0. The molecule has 30 heavy (non-hydrogen) atoms. The molecule has 0 bridgehead atoms. The van der Waals surface area contributed by atoms with Gasteiger partial charge in [-0.15, -0.1) is 10.2 Å². The second kappa shape index (κ2) is 9.89. The number of amides is 1. The molecule has 8 heteroatoms. The number of thioether (sulfide) groups is 1. The Hall–Kier alpha value is -3.39. The number of carbonyl (C=O) groups is 1. The zero-order valence-corrected chi connectivity index (χ0v) is 17.2. The number of carbonyl (C=O) groups excluding carboxylic acids is 1. The molecule has 4 rings (SSSR count). The molecule has 1 N–H and O–H groups in total. The third-order valence-corrected chi connectivity index (χ3v) is 5.42. The molecule has 0 saturated heterocycles. The van der Waals surface area contributed by atoms with E-state index in [-0.39, 0.29) is 11.7 Å². The third kappa shape index (κ3) is 4.96. The Balaban J connectivity index is 1.41. The van der Waals surface area contributed by atoms with Crippen molar-refractivity contribution < 1.29 is 4.79 Å². The normalized spacial score (nSPS) is 10.8. The van der Waals surface area contributed by atoms with Gasteiger partial charge in [0.2, 0.25) is 5.91 Å². The highest BCUT2D eigenvalue weighted by Gasteiger charge is 2.16. The van der Waals surface area contributed by atoms with E-state index in [2.05, 4.69) is 20.5 Å². The van der Waals surface area contributed by atoms with Crippen LogP contribution in [0.4, 0.5) is 0 Å². The molecule has 4 aromatic rings. The maximum absolute atomic E-state index is 12.3. The van der Waals surface area contributed by atoms with Gasteiger partial charge in [-0.25, -0.2) is 4.98 Å². The van der Waals surface area contributed by atoms with Crippen LogP contribution < -0.4 is 5.32 Å². The summed E-state index contributed by atoms with van der Waals surface area (Å²) in [5.41, 5.74) is 1.94. The molecule has 0 unspecified atom stereocenters. The minimum Gasteiger partial charge on any atom is -0.355 e. The Morgan fingerprint density at radius 1 is 1.00 bits per heavy atom. The lowest BCUT2D eigenvalue weighted by molar-refractivity contribution is -0.118. The van der Waals surface area contributed by atoms with E-state index in [9.17, 15) is 4.79 Å². The Morgan fingerprint density at radius 2 is 1.77 bits per heavy atom. The summed E-state index contributed by atoms with van der Waals surface area (Å²) in [6, 6.07) is 19.9. The first-order chi connectivity index (χ1) is 14.8. The molecule has 2 aromatic carbocycles. The van der Waals surface area contributed by atoms with Gasteiger partial charge in [-0.05, 0) is 18.6 Å². The molecular formula is C22H22N6OS. The minimum absolute atomic E-state index is 0.0190. The van der Waals surface area contributed by atoms with Crippen molar-refractivity contribution in [3.63, 3.8) is 0 Å². The highest BCUT2D eigenvalue weighted by atomic mass is 32.2. The van der Waals surface area contributed by atoms with Gasteiger partial charge >= 0.3 is 0 Å². The SMILES string of the molecule is O=C(CSc1nnc(-c2ccccc2)n1-c1ccccc1)NCCCn1ccnc1. The zero-order chi connectivity index (χ0) is 20.6. The quantitative estimate of drug-likeness (QED) is 0.333. The van der Waals surface area contributed by atoms with Crippen molar-refractivity contribution in [3.8, 4) is 17.1 Å². The van der Waals surface area contributed by atoms with Crippen LogP contribution in [-0.4, -0.2) is 42.5 Å². The van der Waals surface area contributed by atoms with Crippen molar-refractivity contribution in [2.75, 3.05) is 12.3 Å². The summed E-state index contributed by atoms with van der Waals surface area (Å²) in [5.74, 6) is 1.02. The number of aryl methyl sites for hydroxylation is 1. The van der Waals surface area contributed by atoms with Gasteiger partial charge in [0.15, 0.2) is 11.0 Å². The van der Waals surface area contributed by atoms with Gasteiger partial charge in [0.1, 0.15) is 0 Å². The lowest BCUT2D eigenvalue weighted by Crippen LogP contribution is -2.27. The lowest BCUT2D eigenvalue weighted by atomic mass is 10.2. The number of hydrogen-bond acceptors (Lipinski definition) is 5. The number of rotatable bonds is 9. The molecule has 0 aliphatic carbocycles. The van der Waals surface area contributed by atoms with Crippen molar-refractivity contribution in [3.05, 3.63) is 79.4 Å². The number of para-hydroxylation sites is 1. The van der Waals surface area contributed by atoms with Crippen LogP contribution in [-0.2, 0) is 11.3 Å². The van der Waals surface area contributed by atoms with Gasteiger partial charge in [0.25, 0.3) is 0 Å². The topological polar surface area (TPSA) is 77.6 Å². The molecule has 2 aromatic heterocycles. The van der Waals surface area contributed by atoms with Gasteiger partial charge in [-0.3, -0.25) is 9.36 Å². The predicted molar refractivity (Wildman–Crippen MR) is 117 cm³/mol. The maximum atomic E-state index is 12.3. The molecule has 0 spiro atoms. The van der Waals surface area contributed by atoms with Crippen molar-refractivity contribution >= 4 is 17.7 Å². The van der Waals surface area contributed by atoms with Crippen molar-refractivity contribution in [1.29, 1.82) is 0 Å². The summed E-state index contributed by atoms with van der Waals surface area (Å²) in [6.45, 7) is 1.45. The molecule has 1 amide bonds. The largest absolute Gasteiger partial charge is 0.355 e. The first-order valence-electron chi connectivity index (χ1n) is 9.73. The van der Waals surface area contributed by atoms with Crippen molar-refractivity contribution in [2.45, 2.75) is 18.1 Å². The number of benzene rings is 2. The van der Waals surface area contributed by atoms with Gasteiger partial charge < -0.3 is 9.88 Å². The summed E-state index contributed by atoms with van der Waals surface area (Å²) in [5, 5.41) is 12.4. The number of hydrogen-bond donors (Lipinski definition) is 1. The maximum Gasteiger partial charge on any atom is 0.230 e. The second-order valence-electron chi connectivity index (χ2n) is 6.64. The third-order valence-electron chi connectivity index (χ3n) is 4.49. The summed E-state index contributed by atoms with van der Waals surface area (Å²) in [6.07, 6.45) is 6.30. The molecule has 152 valence electrons. The van der Waals surface area contributed by atoms with E-state index in [4.69, 9.17) is 0 Å². The minimum atomic E-state index is -0.0190. The Morgan fingerprint density at radius 3 is 2.50 bits per heavy atom. The van der Waals surface area contributed by atoms with Crippen molar-refractivity contribution in [2.24, 2.45) is 0 Å². The second-order valence-corrected chi connectivity index (χ2v) is 7.58. The first-order valence-corrected chi connectivity index (χ1v) is 10.7. The monoisotopic (exact) mass is 418 g/mol. The number of nitrogens with one attached hydrogen (secondary N) is 1. The van der Waals surface area contributed by atoms with E-state index in [1.165, 1.54) is 11.8 Å². The van der Waals surface area contributed by atoms with E-state index in [0.29, 0.717) is 11.7 Å². The van der Waals surface area contributed by atoms with Gasteiger partial charge in [-0.2, -0.15) is 0 Å². The van der Waals surface area contributed by atoms with Crippen LogP contribution in [0.1, 0.15) is 6.42 Å². The molecule has 0 aliphatic heterocycles. The Labute approximate surface area is 179 Å². The number of aromatic nitrogens is 5. The molecule has 0 fully saturated rings. The molecular weight excluding hydrogens is 396 g/mol. The molecule has 7 nitrogen and oxygen atoms in total. The van der Waals surface area contributed by atoms with E-state index >= 15 is 0 Å². The molecule has 0 saturated carbocycles. The summed E-state index contributed by atoms with van der Waals surface area (Å²) in [4.78, 5) is 16.3. The fourth-order valence-corrected chi connectivity index (χ4v) is 3.82. The molecule has 2 heterocycles. The average molecular weight is 419 g/mol. The van der Waals surface area contributed by atoms with Gasteiger partial charge in [-0.1, -0.05) is 60.3 Å². The summed E-state index contributed by atoms with van der Waals surface area (Å²) < 4.78 is 3.99. The highest BCUT2D eigenvalue weighted by Crippen LogP contribution is 2.27. The van der Waals surface area contributed by atoms with E-state index in [0.717, 1.165) is 30.0 Å². The molecule has 0 radical (unpaired) electrons. The zero-order valence-electron chi connectivity index (χ0n) is 16.4. The first kappa shape index (κ1) is 19.9. The van der Waals surface area contributed by atoms with Crippen LogP contribution >= 0.6 is 11.8 Å². The van der Waals surface area contributed by atoms with Crippen LogP contribution in [0.5, 0.6) is 0 Å². The van der Waals surface area contributed by atoms with Crippen LogP contribution in [0.2, 0.25) is 0 Å². The highest BCUT2D eigenvalue weighted by molar-refractivity contribution is 7.99. The van der Waals surface area contributed by atoms with E-state index in [1.54, 1.807) is 12.5 Å². The van der Waals surface area contributed by atoms with Crippen LogP contribution in [0, 0.1) is 0 Å². The Kier molecular flexibility index (Phi) is 6.56. The smallest absolute Gasteiger partial charge is 0.230 e. The van der Waals surface area contributed by atoms with Crippen LogP contribution in [0.15, 0.2) is 84.5 Å². The molecule has 0 aliphatic rings. The van der Waals surface area contributed by atoms with E-state index in [1.807, 2.05) is 76.0 Å². The average Bonchev–Trinajstić information content (AvgIpc) is 3.46. The van der Waals surface area contributed by atoms with Crippen LogP contribution in [0.3, 0.4) is 0 Å². The van der Waals surface area contributed by atoms with E-state index < -0.39 is 0 Å². The molecule has 0 atom stereocenters. The Bertz CT molecular complexity index is 1060. The fraction of sp³-hybridized carbons (Fsp3) is 0.182.